The Kier molecular flexibility index (Phi) is 10.2. The van der Waals surface area contributed by atoms with E-state index < -0.39 is 4.92 Å². The third-order valence-electron chi connectivity index (χ3n) is 7.56. The Hall–Kier alpha value is -3.33. The molecule has 0 spiro atoms. The van der Waals surface area contributed by atoms with E-state index in [1.165, 1.54) is 24.4 Å². The molecule has 9 nitrogen and oxygen atoms in total. The van der Waals surface area contributed by atoms with Gasteiger partial charge < -0.3 is 19.3 Å². The normalized spacial score (nSPS) is 16.9. The van der Waals surface area contributed by atoms with E-state index >= 15 is 0 Å². The van der Waals surface area contributed by atoms with E-state index in [9.17, 15) is 14.9 Å². The summed E-state index contributed by atoms with van der Waals surface area (Å²) < 4.78 is 11.2. The molecule has 2 saturated heterocycles. The number of nitro groups is 1. The van der Waals surface area contributed by atoms with Crippen LogP contribution in [0, 0.1) is 10.1 Å². The first kappa shape index (κ1) is 30.2. The second kappa shape index (κ2) is 13.2. The highest BCUT2D eigenvalue weighted by Crippen LogP contribution is 2.32. The quantitative estimate of drug-likeness (QED) is 0.339. The maximum absolute atomic E-state index is 12.9. The van der Waals surface area contributed by atoms with Gasteiger partial charge in [-0.05, 0) is 29.2 Å². The molecule has 0 aromatic heterocycles. The number of carbonyl (C=O) groups is 1. The van der Waals surface area contributed by atoms with Crippen LogP contribution in [0.1, 0.15) is 53.0 Å². The molecule has 0 bridgehead atoms. The molecule has 9 heteroatoms. The van der Waals surface area contributed by atoms with Crippen LogP contribution >= 0.6 is 0 Å². The van der Waals surface area contributed by atoms with E-state index in [-0.39, 0.29) is 36.3 Å². The van der Waals surface area contributed by atoms with Crippen LogP contribution in [0.25, 0.3) is 0 Å². The lowest BCUT2D eigenvalue weighted by molar-refractivity contribution is -0.385. The second-order valence-electron chi connectivity index (χ2n) is 11.2. The van der Waals surface area contributed by atoms with Crippen molar-refractivity contribution in [3.8, 4) is 11.5 Å². The zero-order chi connectivity index (χ0) is 27.3. The minimum Gasteiger partial charge on any atom is -0.490 e. The molecular formula is C30H44N4O5. The Bertz CT molecular complexity index is 1100. The smallest absolute Gasteiger partial charge is 0.311 e. The van der Waals surface area contributed by atoms with Crippen LogP contribution in [0.2, 0.25) is 0 Å². The average molecular weight is 541 g/mol. The van der Waals surface area contributed by atoms with Gasteiger partial charge in [-0.1, -0.05) is 40.3 Å². The summed E-state index contributed by atoms with van der Waals surface area (Å²) in [6.45, 7) is 12.7. The Morgan fingerprint density at radius 2 is 1.64 bits per heavy atom. The minimum absolute atomic E-state index is 0. The SMILES string of the molecule is C.COc1cc(OC2CCN(C(=O)CCN3CCN(c4ccc(C(C)(C)C)cc4)CC3)CC2)ccc1[N+](=O)[O-]. The van der Waals surface area contributed by atoms with Gasteiger partial charge in [-0.2, -0.15) is 0 Å². The number of hydrogen-bond acceptors (Lipinski definition) is 7. The molecular weight excluding hydrogens is 496 g/mol. The molecule has 2 aliphatic heterocycles. The summed E-state index contributed by atoms with van der Waals surface area (Å²) in [6.07, 6.45) is 1.97. The number of piperazine rings is 1. The monoisotopic (exact) mass is 540 g/mol. The van der Waals surface area contributed by atoms with E-state index in [1.807, 2.05) is 4.90 Å². The molecule has 214 valence electrons. The zero-order valence-corrected chi connectivity index (χ0v) is 23.0. The molecule has 0 radical (unpaired) electrons. The van der Waals surface area contributed by atoms with Gasteiger partial charge in [-0.25, -0.2) is 0 Å². The van der Waals surface area contributed by atoms with Gasteiger partial charge in [0, 0.05) is 82.9 Å². The predicted octanol–water partition coefficient (Wildman–Crippen LogP) is 5.12. The number of benzene rings is 2. The van der Waals surface area contributed by atoms with E-state index in [0.29, 0.717) is 25.3 Å². The lowest BCUT2D eigenvalue weighted by atomic mass is 9.87. The van der Waals surface area contributed by atoms with Crippen molar-refractivity contribution in [2.24, 2.45) is 0 Å². The van der Waals surface area contributed by atoms with Crippen LogP contribution in [0.5, 0.6) is 11.5 Å². The average Bonchev–Trinajstić information content (AvgIpc) is 2.92. The van der Waals surface area contributed by atoms with Crippen LogP contribution in [0.15, 0.2) is 42.5 Å². The highest BCUT2D eigenvalue weighted by atomic mass is 16.6. The van der Waals surface area contributed by atoms with Gasteiger partial charge in [0.25, 0.3) is 0 Å². The number of nitro benzene ring substituents is 1. The van der Waals surface area contributed by atoms with Crippen molar-refractivity contribution in [3.63, 3.8) is 0 Å². The predicted molar refractivity (Wildman–Crippen MR) is 155 cm³/mol. The number of methoxy groups -OCH3 is 1. The highest BCUT2D eigenvalue weighted by molar-refractivity contribution is 5.76. The third kappa shape index (κ3) is 7.85. The van der Waals surface area contributed by atoms with E-state index in [4.69, 9.17) is 9.47 Å². The molecule has 0 aliphatic carbocycles. The van der Waals surface area contributed by atoms with Gasteiger partial charge in [-0.15, -0.1) is 0 Å². The molecule has 2 aromatic carbocycles. The van der Waals surface area contributed by atoms with E-state index in [2.05, 4.69) is 54.8 Å². The molecule has 1 amide bonds. The standard InChI is InChI=1S/C29H40N4O5.CH4/c1-29(2,3)22-5-7-23(8-6-22)31-19-17-30(18-20-31)14-13-28(34)32-15-11-24(12-16-32)38-25-9-10-26(33(35)36)27(21-25)37-4;/h5-10,21,24H,11-20H2,1-4H3;1H4. The van der Waals surface area contributed by atoms with Crippen molar-refractivity contribution < 1.29 is 19.2 Å². The fourth-order valence-corrected chi connectivity index (χ4v) is 5.11. The molecule has 2 fully saturated rings. The zero-order valence-electron chi connectivity index (χ0n) is 23.0. The topological polar surface area (TPSA) is 88.4 Å². The van der Waals surface area contributed by atoms with Crippen molar-refractivity contribution in [3.05, 3.63) is 58.1 Å². The van der Waals surface area contributed by atoms with Gasteiger partial charge >= 0.3 is 5.69 Å². The molecule has 0 N–H and O–H groups in total. The first-order chi connectivity index (χ1) is 18.1. The van der Waals surface area contributed by atoms with Crippen LogP contribution in [0.3, 0.4) is 0 Å². The van der Waals surface area contributed by atoms with Gasteiger partial charge in [0.1, 0.15) is 11.9 Å². The van der Waals surface area contributed by atoms with Gasteiger partial charge in [-0.3, -0.25) is 19.8 Å². The minimum atomic E-state index is -0.474. The van der Waals surface area contributed by atoms with Crippen LogP contribution < -0.4 is 14.4 Å². The number of ether oxygens (including phenoxy) is 2. The highest BCUT2D eigenvalue weighted by Gasteiger charge is 2.26. The maximum Gasteiger partial charge on any atom is 0.311 e. The van der Waals surface area contributed by atoms with Crippen LogP contribution in [0.4, 0.5) is 11.4 Å². The molecule has 0 atom stereocenters. The molecule has 0 unspecified atom stereocenters. The summed E-state index contributed by atoms with van der Waals surface area (Å²) in [7, 11) is 1.40. The van der Waals surface area contributed by atoms with Crippen LogP contribution in [-0.4, -0.2) is 79.7 Å². The Balaban J connectivity index is 0.00000420. The van der Waals surface area contributed by atoms with Gasteiger partial charge in [0.2, 0.25) is 11.7 Å². The maximum atomic E-state index is 12.9. The fourth-order valence-electron chi connectivity index (χ4n) is 5.11. The Morgan fingerprint density at radius 1 is 1.00 bits per heavy atom. The summed E-state index contributed by atoms with van der Waals surface area (Å²) in [5.74, 6) is 0.918. The molecule has 2 aromatic rings. The number of carbonyl (C=O) groups excluding carboxylic acids is 1. The largest absolute Gasteiger partial charge is 0.490 e. The van der Waals surface area contributed by atoms with Crippen molar-refractivity contribution in [1.82, 2.24) is 9.80 Å². The molecule has 0 saturated carbocycles. The Morgan fingerprint density at radius 3 is 2.21 bits per heavy atom. The van der Waals surface area contributed by atoms with Crippen molar-refractivity contribution >= 4 is 17.3 Å². The van der Waals surface area contributed by atoms with E-state index in [1.54, 1.807) is 12.1 Å². The van der Waals surface area contributed by atoms with Gasteiger partial charge in [0.05, 0.1) is 12.0 Å². The second-order valence-corrected chi connectivity index (χ2v) is 11.2. The number of likely N-dealkylation sites (tertiary alicyclic amines) is 1. The van der Waals surface area contributed by atoms with Crippen molar-refractivity contribution in [2.45, 2.75) is 59.0 Å². The third-order valence-corrected chi connectivity index (χ3v) is 7.56. The molecule has 4 rings (SSSR count). The lowest BCUT2D eigenvalue weighted by Gasteiger charge is -2.37. The van der Waals surface area contributed by atoms with Crippen molar-refractivity contribution in [1.29, 1.82) is 0 Å². The number of rotatable bonds is 8. The first-order valence-corrected chi connectivity index (χ1v) is 13.5. The Labute approximate surface area is 232 Å². The number of anilines is 1. The summed E-state index contributed by atoms with van der Waals surface area (Å²) in [4.78, 5) is 30.2. The molecule has 39 heavy (non-hydrogen) atoms. The lowest BCUT2D eigenvalue weighted by Crippen LogP contribution is -2.48. The number of amides is 1. The number of hydrogen-bond donors (Lipinski definition) is 0. The van der Waals surface area contributed by atoms with Gasteiger partial charge in [0.15, 0.2) is 0 Å². The number of piperidine rings is 1. The summed E-state index contributed by atoms with van der Waals surface area (Å²) in [5.41, 5.74) is 2.69. The summed E-state index contributed by atoms with van der Waals surface area (Å²) in [5, 5.41) is 11.1. The molecule has 2 heterocycles. The van der Waals surface area contributed by atoms with E-state index in [0.717, 1.165) is 45.6 Å². The fraction of sp³-hybridized carbons (Fsp3) is 0.567. The molecule has 2 aliphatic rings. The summed E-state index contributed by atoms with van der Waals surface area (Å²) >= 11 is 0. The van der Waals surface area contributed by atoms with Crippen LogP contribution in [-0.2, 0) is 10.2 Å². The summed E-state index contributed by atoms with van der Waals surface area (Å²) in [6, 6.07) is 13.5. The first-order valence-electron chi connectivity index (χ1n) is 13.5. The van der Waals surface area contributed by atoms with Crippen molar-refractivity contribution in [2.75, 3.05) is 57.8 Å². The number of nitrogens with zero attached hydrogens (tertiary/aromatic N) is 4.